The monoisotopic (exact) mass is 281 g/mol. The second-order valence-electron chi connectivity index (χ2n) is 5.33. The van der Waals surface area contributed by atoms with Gasteiger partial charge in [0.25, 0.3) is 0 Å². The number of hydrogen-bond acceptors (Lipinski definition) is 3. The predicted molar refractivity (Wildman–Crippen MR) is 82.6 cm³/mol. The van der Waals surface area contributed by atoms with Gasteiger partial charge in [-0.15, -0.1) is 0 Å². The molecule has 3 heteroatoms. The van der Waals surface area contributed by atoms with E-state index in [9.17, 15) is 0 Å². The van der Waals surface area contributed by atoms with Gasteiger partial charge < -0.3 is 9.94 Å². The lowest BCUT2D eigenvalue weighted by molar-refractivity contribution is 0.112. The van der Waals surface area contributed by atoms with Gasteiger partial charge in [-0.1, -0.05) is 42.5 Å². The van der Waals surface area contributed by atoms with Crippen LogP contribution in [0.25, 0.3) is 0 Å². The largest absolute Gasteiger partial charge is 0.457 e. The lowest BCUT2D eigenvalue weighted by Crippen LogP contribution is -2.30. The second kappa shape index (κ2) is 6.57. The van der Waals surface area contributed by atoms with Gasteiger partial charge in [0.15, 0.2) is 0 Å². The quantitative estimate of drug-likeness (QED) is 0.644. The number of ether oxygens (including phenoxy) is 1. The number of hydroxylamine groups is 1. The maximum absolute atomic E-state index is 9.15. The topological polar surface area (TPSA) is 41.5 Å². The Morgan fingerprint density at radius 2 is 1.86 bits per heavy atom. The summed E-state index contributed by atoms with van der Waals surface area (Å²) in [6.07, 6.45) is 6.05. The third-order valence-corrected chi connectivity index (χ3v) is 3.80. The van der Waals surface area contributed by atoms with E-state index in [1.165, 1.54) is 5.56 Å². The molecule has 3 nitrogen and oxygen atoms in total. The van der Waals surface area contributed by atoms with Crippen molar-refractivity contribution in [3.05, 3.63) is 72.3 Å². The molecule has 1 aliphatic carbocycles. The average molecular weight is 281 g/mol. The van der Waals surface area contributed by atoms with Crippen molar-refractivity contribution in [2.75, 3.05) is 0 Å². The van der Waals surface area contributed by atoms with Gasteiger partial charge in [-0.05, 0) is 48.6 Å². The molecule has 21 heavy (non-hydrogen) atoms. The van der Waals surface area contributed by atoms with E-state index in [4.69, 9.17) is 9.94 Å². The number of benzene rings is 2. The molecular formula is C18H19NO2. The molecule has 0 radical (unpaired) electrons. The molecule has 0 amide bonds. The Morgan fingerprint density at radius 3 is 2.67 bits per heavy atom. The fourth-order valence-electron chi connectivity index (χ4n) is 2.70. The summed E-state index contributed by atoms with van der Waals surface area (Å²) < 4.78 is 5.85. The van der Waals surface area contributed by atoms with E-state index >= 15 is 0 Å². The van der Waals surface area contributed by atoms with Crippen LogP contribution >= 0.6 is 0 Å². The van der Waals surface area contributed by atoms with Gasteiger partial charge in [-0.2, -0.15) is 0 Å². The summed E-state index contributed by atoms with van der Waals surface area (Å²) >= 11 is 0. The third kappa shape index (κ3) is 3.51. The SMILES string of the molecule is ON[C@H]1CC=C[C@@H]1Cc1cccc(Oc2ccccc2)c1. The maximum Gasteiger partial charge on any atom is 0.127 e. The fraction of sp³-hybridized carbons (Fsp3) is 0.222. The molecular weight excluding hydrogens is 262 g/mol. The van der Waals surface area contributed by atoms with Crippen molar-refractivity contribution in [3.8, 4) is 11.5 Å². The summed E-state index contributed by atoms with van der Waals surface area (Å²) in [6, 6.07) is 18.0. The van der Waals surface area contributed by atoms with E-state index in [1.54, 1.807) is 0 Å². The maximum atomic E-state index is 9.15. The van der Waals surface area contributed by atoms with Gasteiger partial charge in [0.05, 0.1) is 0 Å². The summed E-state index contributed by atoms with van der Waals surface area (Å²) in [5.41, 5.74) is 3.60. The van der Waals surface area contributed by atoms with Crippen LogP contribution < -0.4 is 10.2 Å². The van der Waals surface area contributed by atoms with Crippen LogP contribution in [0.15, 0.2) is 66.7 Å². The Hall–Kier alpha value is -2.10. The highest BCUT2D eigenvalue weighted by molar-refractivity contribution is 5.34. The molecule has 2 atom stereocenters. The molecule has 1 aliphatic rings. The number of rotatable bonds is 5. The highest BCUT2D eigenvalue weighted by Gasteiger charge is 2.22. The molecule has 0 spiro atoms. The van der Waals surface area contributed by atoms with Gasteiger partial charge >= 0.3 is 0 Å². The van der Waals surface area contributed by atoms with Gasteiger partial charge in [0.2, 0.25) is 0 Å². The molecule has 0 bridgehead atoms. The Labute approximate surface area is 124 Å². The highest BCUT2D eigenvalue weighted by atomic mass is 16.5. The van der Waals surface area contributed by atoms with Crippen molar-refractivity contribution in [2.24, 2.45) is 5.92 Å². The van der Waals surface area contributed by atoms with Crippen LogP contribution in [0, 0.1) is 5.92 Å². The molecule has 0 unspecified atom stereocenters. The van der Waals surface area contributed by atoms with Crippen LogP contribution in [-0.2, 0) is 6.42 Å². The zero-order valence-electron chi connectivity index (χ0n) is 11.8. The molecule has 0 saturated carbocycles. The highest BCUT2D eigenvalue weighted by Crippen LogP contribution is 2.26. The molecule has 2 aromatic rings. The van der Waals surface area contributed by atoms with E-state index in [-0.39, 0.29) is 6.04 Å². The van der Waals surface area contributed by atoms with E-state index in [1.807, 2.05) is 42.5 Å². The number of para-hydroxylation sites is 1. The predicted octanol–water partition coefficient (Wildman–Crippen LogP) is 3.94. The van der Waals surface area contributed by atoms with E-state index < -0.39 is 0 Å². The van der Waals surface area contributed by atoms with Crippen molar-refractivity contribution in [2.45, 2.75) is 18.9 Å². The average Bonchev–Trinajstić information content (AvgIpc) is 2.96. The zero-order chi connectivity index (χ0) is 14.5. The summed E-state index contributed by atoms with van der Waals surface area (Å²) in [7, 11) is 0. The first kappa shape index (κ1) is 13.9. The van der Waals surface area contributed by atoms with Crippen LogP contribution in [-0.4, -0.2) is 11.2 Å². The molecule has 0 aromatic heterocycles. The Bertz CT molecular complexity index is 610. The summed E-state index contributed by atoms with van der Waals surface area (Å²) in [5.74, 6) is 2.00. The molecule has 0 saturated heterocycles. The summed E-state index contributed by atoms with van der Waals surface area (Å²) in [4.78, 5) is 0. The van der Waals surface area contributed by atoms with Crippen LogP contribution in [0.3, 0.4) is 0 Å². The van der Waals surface area contributed by atoms with Gasteiger partial charge in [0, 0.05) is 6.04 Å². The summed E-state index contributed by atoms with van der Waals surface area (Å²) in [6.45, 7) is 0. The van der Waals surface area contributed by atoms with Gasteiger partial charge in [0.1, 0.15) is 11.5 Å². The molecule has 108 valence electrons. The van der Waals surface area contributed by atoms with Crippen molar-refractivity contribution in [1.82, 2.24) is 5.48 Å². The minimum atomic E-state index is 0.115. The van der Waals surface area contributed by atoms with Crippen molar-refractivity contribution < 1.29 is 9.94 Å². The molecule has 0 heterocycles. The lowest BCUT2D eigenvalue weighted by Gasteiger charge is -2.17. The van der Waals surface area contributed by atoms with E-state index in [0.29, 0.717) is 5.92 Å². The molecule has 0 aliphatic heterocycles. The zero-order valence-corrected chi connectivity index (χ0v) is 11.8. The Morgan fingerprint density at radius 1 is 1.05 bits per heavy atom. The number of nitrogens with one attached hydrogen (secondary N) is 1. The van der Waals surface area contributed by atoms with Crippen molar-refractivity contribution in [1.29, 1.82) is 0 Å². The number of hydrogen-bond donors (Lipinski definition) is 2. The molecule has 2 N–H and O–H groups in total. The van der Waals surface area contributed by atoms with Crippen LogP contribution in [0.2, 0.25) is 0 Å². The molecule has 2 aromatic carbocycles. The Balaban J connectivity index is 1.70. The minimum absolute atomic E-state index is 0.115. The third-order valence-electron chi connectivity index (χ3n) is 3.80. The van der Waals surface area contributed by atoms with Crippen LogP contribution in [0.5, 0.6) is 11.5 Å². The second-order valence-corrected chi connectivity index (χ2v) is 5.33. The standard InChI is InChI=1S/C18H19NO2/c20-19-18-11-5-7-15(18)12-14-6-4-10-17(13-14)21-16-8-2-1-3-9-16/h1-10,13,15,18-20H,11-12H2/t15-,18+/m1/s1. The lowest BCUT2D eigenvalue weighted by atomic mass is 9.95. The van der Waals surface area contributed by atoms with Crippen LogP contribution in [0.4, 0.5) is 0 Å². The summed E-state index contributed by atoms with van der Waals surface area (Å²) in [5, 5.41) is 9.15. The molecule has 0 fully saturated rings. The van der Waals surface area contributed by atoms with E-state index in [2.05, 4.69) is 29.8 Å². The van der Waals surface area contributed by atoms with Gasteiger partial charge in [-0.25, -0.2) is 5.48 Å². The first-order valence-corrected chi connectivity index (χ1v) is 7.23. The van der Waals surface area contributed by atoms with Crippen LogP contribution in [0.1, 0.15) is 12.0 Å². The smallest absolute Gasteiger partial charge is 0.127 e. The fourth-order valence-corrected chi connectivity index (χ4v) is 2.70. The Kier molecular flexibility index (Phi) is 4.34. The first-order valence-electron chi connectivity index (χ1n) is 7.23. The normalized spacial score (nSPS) is 20.6. The molecule has 3 rings (SSSR count). The minimum Gasteiger partial charge on any atom is -0.457 e. The van der Waals surface area contributed by atoms with Gasteiger partial charge in [-0.3, -0.25) is 0 Å². The van der Waals surface area contributed by atoms with Crippen molar-refractivity contribution in [3.63, 3.8) is 0 Å². The van der Waals surface area contributed by atoms with E-state index in [0.717, 1.165) is 24.3 Å². The van der Waals surface area contributed by atoms with Crippen molar-refractivity contribution >= 4 is 0 Å². The first-order chi connectivity index (χ1) is 10.3.